The lowest BCUT2D eigenvalue weighted by atomic mass is 9.99. The molecule has 1 aliphatic heterocycles. The molecule has 0 bridgehead atoms. The van der Waals surface area contributed by atoms with Crippen molar-refractivity contribution in [2.45, 2.75) is 12.5 Å². The normalized spacial score (nSPS) is 15.8. The van der Waals surface area contributed by atoms with Crippen molar-refractivity contribution in [2.75, 3.05) is 6.54 Å². The van der Waals surface area contributed by atoms with Crippen molar-refractivity contribution >= 4 is 11.4 Å². The average molecular weight is 431 g/mol. The number of halogens is 1. The lowest BCUT2D eigenvalue weighted by molar-refractivity contribution is 0.0646. The zero-order chi connectivity index (χ0) is 21.7. The molecule has 12 heteroatoms. The molecule has 0 saturated heterocycles. The third-order valence-electron chi connectivity index (χ3n) is 5.35. The minimum Gasteiger partial charge on any atom is -0.412 e. The molecule has 5 aromatic rings. The zero-order valence-electron chi connectivity index (χ0n) is 16.4. The molecule has 0 unspecified atom stereocenters. The molecule has 1 atom stereocenters. The van der Waals surface area contributed by atoms with Gasteiger partial charge in [-0.3, -0.25) is 4.79 Å². The van der Waals surface area contributed by atoms with E-state index in [1.54, 1.807) is 29.6 Å². The number of hydrogen-bond donors (Lipinski definition) is 1. The van der Waals surface area contributed by atoms with Crippen LogP contribution >= 0.6 is 0 Å². The first-order valence-electron chi connectivity index (χ1n) is 9.75. The monoisotopic (exact) mass is 431 g/mol. The Balaban J connectivity index is 1.41. The number of aromatic nitrogens is 8. The van der Waals surface area contributed by atoms with E-state index in [0.29, 0.717) is 35.4 Å². The van der Waals surface area contributed by atoms with Crippen LogP contribution in [0.4, 0.5) is 4.39 Å². The van der Waals surface area contributed by atoms with Gasteiger partial charge in [0.05, 0.1) is 23.3 Å². The maximum absolute atomic E-state index is 14.3. The standard InChI is InChI=1S/C20H14FN9O2/c21-12-2-1-4-30-15(12)6-14(28-30)17-16-13(24-10-25-16)3-5-29(17)20(31)19-27-26-18(32-19)11-7-22-9-23-8-11/h1-2,4,6-10,17H,3,5H2,(H,24,25)/t17-/m0/s1. The lowest BCUT2D eigenvalue weighted by Crippen LogP contribution is -2.41. The summed E-state index contributed by atoms with van der Waals surface area (Å²) in [6.45, 7) is 0.362. The molecule has 0 saturated carbocycles. The van der Waals surface area contributed by atoms with Gasteiger partial charge in [0.2, 0.25) is 0 Å². The molecule has 1 aliphatic rings. The summed E-state index contributed by atoms with van der Waals surface area (Å²) in [6, 6.07) is 3.89. The van der Waals surface area contributed by atoms with Crippen molar-refractivity contribution in [3.63, 3.8) is 0 Å². The van der Waals surface area contributed by atoms with E-state index in [4.69, 9.17) is 4.42 Å². The van der Waals surface area contributed by atoms with Crippen LogP contribution in [0.3, 0.4) is 0 Å². The number of H-pyrrole nitrogens is 1. The van der Waals surface area contributed by atoms with Crippen LogP contribution < -0.4 is 0 Å². The predicted molar refractivity (Wildman–Crippen MR) is 106 cm³/mol. The molecule has 6 heterocycles. The second-order valence-electron chi connectivity index (χ2n) is 7.21. The summed E-state index contributed by atoms with van der Waals surface area (Å²) >= 11 is 0. The van der Waals surface area contributed by atoms with Gasteiger partial charge in [0.25, 0.3) is 5.89 Å². The second kappa shape index (κ2) is 7.04. The van der Waals surface area contributed by atoms with Crippen molar-refractivity contribution < 1.29 is 13.6 Å². The number of imidazole rings is 1. The molecule has 11 nitrogen and oxygen atoms in total. The van der Waals surface area contributed by atoms with E-state index in [9.17, 15) is 9.18 Å². The number of carbonyl (C=O) groups is 1. The Kier molecular flexibility index (Phi) is 4.03. The Morgan fingerprint density at radius 2 is 2.12 bits per heavy atom. The van der Waals surface area contributed by atoms with Gasteiger partial charge >= 0.3 is 11.8 Å². The Morgan fingerprint density at radius 3 is 2.97 bits per heavy atom. The van der Waals surface area contributed by atoms with Gasteiger partial charge in [-0.25, -0.2) is 23.9 Å². The highest BCUT2D eigenvalue weighted by molar-refractivity contribution is 5.90. The summed E-state index contributed by atoms with van der Waals surface area (Å²) in [5.41, 5.74) is 2.82. The van der Waals surface area contributed by atoms with Crippen LogP contribution in [0, 0.1) is 5.82 Å². The van der Waals surface area contributed by atoms with Crippen LogP contribution in [0.15, 0.2) is 53.9 Å². The highest BCUT2D eigenvalue weighted by Crippen LogP contribution is 2.34. The SMILES string of the molecule is O=C(c1nnc(-c2cncnc2)o1)N1CCc2[nH]cnc2[C@@H]1c1cc2c(F)cccn2n1. The van der Waals surface area contributed by atoms with Crippen LogP contribution in [0.25, 0.3) is 17.0 Å². The predicted octanol–water partition coefficient (Wildman–Crippen LogP) is 1.82. The molecule has 0 aliphatic carbocycles. The first-order valence-corrected chi connectivity index (χ1v) is 9.75. The number of pyridine rings is 1. The average Bonchev–Trinajstić information content (AvgIpc) is 3.58. The van der Waals surface area contributed by atoms with Crippen molar-refractivity contribution in [2.24, 2.45) is 0 Å². The fraction of sp³-hybridized carbons (Fsp3) is 0.150. The first-order chi connectivity index (χ1) is 15.7. The quantitative estimate of drug-likeness (QED) is 0.458. The maximum Gasteiger partial charge on any atom is 0.312 e. The Labute approximate surface area is 179 Å². The van der Waals surface area contributed by atoms with Gasteiger partial charge in [0, 0.05) is 37.3 Å². The molecule has 32 heavy (non-hydrogen) atoms. The molecule has 1 N–H and O–H groups in total. The fourth-order valence-electron chi connectivity index (χ4n) is 3.89. The molecule has 6 rings (SSSR count). The number of rotatable bonds is 3. The Morgan fingerprint density at radius 1 is 1.25 bits per heavy atom. The van der Waals surface area contributed by atoms with E-state index in [2.05, 4.69) is 35.2 Å². The van der Waals surface area contributed by atoms with Gasteiger partial charge in [-0.15, -0.1) is 10.2 Å². The summed E-state index contributed by atoms with van der Waals surface area (Å²) in [7, 11) is 0. The number of carbonyl (C=O) groups excluding carboxylic acids is 1. The summed E-state index contributed by atoms with van der Waals surface area (Å²) in [5, 5.41) is 12.4. The molecule has 5 aromatic heterocycles. The number of nitrogens with one attached hydrogen (secondary N) is 1. The van der Waals surface area contributed by atoms with Crippen molar-refractivity contribution in [3.05, 3.63) is 78.2 Å². The highest BCUT2D eigenvalue weighted by atomic mass is 19.1. The molecule has 0 radical (unpaired) electrons. The number of fused-ring (bicyclic) bond motifs is 2. The van der Waals surface area contributed by atoms with E-state index in [0.717, 1.165) is 5.69 Å². The van der Waals surface area contributed by atoms with Crippen LogP contribution in [0.1, 0.15) is 33.8 Å². The lowest BCUT2D eigenvalue weighted by Gasteiger charge is -2.32. The van der Waals surface area contributed by atoms with Gasteiger partial charge in [0.1, 0.15) is 23.7 Å². The number of aromatic amines is 1. The topological polar surface area (TPSA) is 131 Å². The summed E-state index contributed by atoms with van der Waals surface area (Å²) < 4.78 is 21.3. The molecular weight excluding hydrogens is 417 g/mol. The minimum absolute atomic E-state index is 0.137. The smallest absolute Gasteiger partial charge is 0.312 e. The number of nitrogens with zero attached hydrogens (tertiary/aromatic N) is 8. The molecule has 0 spiro atoms. The maximum atomic E-state index is 14.3. The Bertz CT molecular complexity index is 1440. The van der Waals surface area contributed by atoms with E-state index in [-0.39, 0.29) is 11.8 Å². The zero-order valence-corrected chi connectivity index (χ0v) is 16.4. The van der Waals surface area contributed by atoms with Gasteiger partial charge in [0.15, 0.2) is 0 Å². The van der Waals surface area contributed by atoms with E-state index < -0.39 is 17.8 Å². The molecular formula is C20H14FN9O2. The van der Waals surface area contributed by atoms with Gasteiger partial charge in [-0.1, -0.05) is 0 Å². The van der Waals surface area contributed by atoms with Crippen molar-refractivity contribution in [1.82, 2.24) is 44.6 Å². The summed E-state index contributed by atoms with van der Waals surface area (Å²) in [5.74, 6) is -0.925. The summed E-state index contributed by atoms with van der Waals surface area (Å²) in [4.78, 5) is 30.3. The van der Waals surface area contributed by atoms with Crippen molar-refractivity contribution in [1.29, 1.82) is 0 Å². The van der Waals surface area contributed by atoms with Crippen molar-refractivity contribution in [3.8, 4) is 11.5 Å². The highest BCUT2D eigenvalue weighted by Gasteiger charge is 2.38. The number of hydrogen-bond acceptors (Lipinski definition) is 8. The van der Waals surface area contributed by atoms with Crippen LogP contribution in [0.5, 0.6) is 0 Å². The van der Waals surface area contributed by atoms with E-state index in [1.807, 2.05) is 0 Å². The minimum atomic E-state index is -0.646. The number of amides is 1. The summed E-state index contributed by atoms with van der Waals surface area (Å²) in [6.07, 6.45) is 8.19. The van der Waals surface area contributed by atoms with E-state index >= 15 is 0 Å². The largest absolute Gasteiger partial charge is 0.412 e. The van der Waals surface area contributed by atoms with Crippen LogP contribution in [-0.2, 0) is 6.42 Å². The van der Waals surface area contributed by atoms with Gasteiger partial charge in [-0.2, -0.15) is 5.10 Å². The van der Waals surface area contributed by atoms with Crippen LogP contribution in [0.2, 0.25) is 0 Å². The van der Waals surface area contributed by atoms with Crippen LogP contribution in [-0.4, -0.2) is 57.1 Å². The van der Waals surface area contributed by atoms with Gasteiger partial charge in [-0.05, 0) is 18.2 Å². The fourth-order valence-corrected chi connectivity index (χ4v) is 3.89. The first kappa shape index (κ1) is 18.3. The molecule has 0 fully saturated rings. The van der Waals surface area contributed by atoms with E-state index in [1.165, 1.54) is 29.3 Å². The second-order valence-corrected chi connectivity index (χ2v) is 7.21. The molecule has 158 valence electrons. The molecule has 0 aromatic carbocycles. The van der Waals surface area contributed by atoms with Gasteiger partial charge < -0.3 is 14.3 Å². The Hall–Kier alpha value is -4.48. The third-order valence-corrected chi connectivity index (χ3v) is 5.35. The third kappa shape index (κ3) is 2.84. The molecule has 1 amide bonds.